The molecule has 1 aromatic heterocycles. The van der Waals surface area contributed by atoms with Gasteiger partial charge in [-0.3, -0.25) is 14.7 Å². The minimum Gasteiger partial charge on any atom is -0.497 e. The first-order valence-electron chi connectivity index (χ1n) is 13.4. The van der Waals surface area contributed by atoms with Gasteiger partial charge in [0.2, 0.25) is 0 Å². The van der Waals surface area contributed by atoms with Crippen molar-refractivity contribution in [3.05, 3.63) is 59.8 Å². The lowest BCUT2D eigenvalue weighted by atomic mass is 9.84. The van der Waals surface area contributed by atoms with Gasteiger partial charge in [-0.25, -0.2) is 0 Å². The molecular formula is C29H38N4O3. The predicted octanol–water partition coefficient (Wildman–Crippen LogP) is 3.35. The summed E-state index contributed by atoms with van der Waals surface area (Å²) in [6, 6.07) is 16.6. The van der Waals surface area contributed by atoms with E-state index in [1.54, 1.807) is 7.11 Å². The number of aromatic nitrogens is 1. The molecular weight excluding hydrogens is 452 g/mol. The number of morpholine rings is 1. The Balaban J connectivity index is 1.24. The number of hydrogen-bond donors (Lipinski definition) is 1. The lowest BCUT2D eigenvalue weighted by molar-refractivity contribution is 0.0175. The van der Waals surface area contributed by atoms with Crippen LogP contribution in [0.4, 0.5) is 0 Å². The van der Waals surface area contributed by atoms with Gasteiger partial charge in [0.25, 0.3) is 0 Å². The molecule has 36 heavy (non-hydrogen) atoms. The fourth-order valence-electron chi connectivity index (χ4n) is 6.38. The molecule has 0 radical (unpaired) electrons. The molecule has 1 spiro atoms. The third-order valence-corrected chi connectivity index (χ3v) is 8.35. The van der Waals surface area contributed by atoms with Crippen LogP contribution in [0.5, 0.6) is 11.5 Å². The number of nitrogens with one attached hydrogen (secondary N) is 1. The smallest absolute Gasteiger partial charge is 0.119 e. The predicted molar refractivity (Wildman–Crippen MR) is 142 cm³/mol. The molecule has 192 valence electrons. The summed E-state index contributed by atoms with van der Waals surface area (Å²) in [7, 11) is 1.75. The SMILES string of the molecule is COc1ccc2[nH]c3c(c2c1)CCN(CCN1CCOCC1)C31CCN(CCOc2ccccc2)C1. The van der Waals surface area contributed by atoms with Gasteiger partial charge in [0.1, 0.15) is 18.1 Å². The van der Waals surface area contributed by atoms with Crippen molar-refractivity contribution in [1.82, 2.24) is 19.7 Å². The quantitative estimate of drug-likeness (QED) is 0.523. The lowest BCUT2D eigenvalue weighted by Crippen LogP contribution is -2.55. The van der Waals surface area contributed by atoms with Crippen LogP contribution in [0, 0.1) is 0 Å². The third-order valence-electron chi connectivity index (χ3n) is 8.35. The van der Waals surface area contributed by atoms with Crippen molar-refractivity contribution in [3.63, 3.8) is 0 Å². The second-order valence-corrected chi connectivity index (χ2v) is 10.3. The summed E-state index contributed by atoms with van der Waals surface area (Å²) in [6.07, 6.45) is 2.21. The Bertz CT molecular complexity index is 1160. The summed E-state index contributed by atoms with van der Waals surface area (Å²) in [5.41, 5.74) is 4.14. The fraction of sp³-hybridized carbons (Fsp3) is 0.517. The van der Waals surface area contributed by atoms with Crippen LogP contribution < -0.4 is 9.47 Å². The number of nitrogens with zero attached hydrogens (tertiary/aromatic N) is 3. The number of fused-ring (bicyclic) bond motifs is 4. The Morgan fingerprint density at radius 3 is 2.61 bits per heavy atom. The van der Waals surface area contributed by atoms with Crippen LogP contribution in [0.3, 0.4) is 0 Å². The fourth-order valence-corrected chi connectivity index (χ4v) is 6.38. The molecule has 1 N–H and O–H groups in total. The molecule has 4 heterocycles. The average Bonchev–Trinajstić information content (AvgIpc) is 3.52. The zero-order chi connectivity index (χ0) is 24.4. The molecule has 3 aromatic rings. The first-order chi connectivity index (χ1) is 17.7. The van der Waals surface area contributed by atoms with E-state index in [2.05, 4.69) is 37.9 Å². The Kier molecular flexibility index (Phi) is 6.89. The van der Waals surface area contributed by atoms with E-state index >= 15 is 0 Å². The number of rotatable bonds is 8. The zero-order valence-corrected chi connectivity index (χ0v) is 21.4. The van der Waals surface area contributed by atoms with Crippen molar-refractivity contribution >= 4 is 10.9 Å². The van der Waals surface area contributed by atoms with Gasteiger partial charge < -0.3 is 19.2 Å². The van der Waals surface area contributed by atoms with E-state index in [0.29, 0.717) is 6.61 Å². The molecule has 2 aromatic carbocycles. The lowest BCUT2D eigenvalue weighted by Gasteiger charge is -2.45. The second kappa shape index (κ2) is 10.4. The molecule has 7 nitrogen and oxygen atoms in total. The summed E-state index contributed by atoms with van der Waals surface area (Å²) in [5.74, 6) is 1.88. The number of aromatic amines is 1. The molecule has 7 heteroatoms. The van der Waals surface area contributed by atoms with E-state index < -0.39 is 0 Å². The summed E-state index contributed by atoms with van der Waals surface area (Å²) < 4.78 is 17.2. The minimum absolute atomic E-state index is 0.0128. The summed E-state index contributed by atoms with van der Waals surface area (Å²) in [5, 5.41) is 1.32. The molecule has 3 aliphatic rings. The highest BCUT2D eigenvalue weighted by molar-refractivity contribution is 5.87. The normalized spacial score (nSPS) is 23.4. The van der Waals surface area contributed by atoms with Crippen LogP contribution in [0.15, 0.2) is 48.5 Å². The molecule has 6 rings (SSSR count). The number of hydrogen-bond acceptors (Lipinski definition) is 6. The van der Waals surface area contributed by atoms with E-state index in [4.69, 9.17) is 14.2 Å². The highest BCUT2D eigenvalue weighted by Crippen LogP contribution is 2.45. The van der Waals surface area contributed by atoms with E-state index in [1.807, 2.05) is 30.3 Å². The number of H-pyrrole nitrogens is 1. The number of likely N-dealkylation sites (tertiary alicyclic amines) is 1. The summed E-state index contributed by atoms with van der Waals surface area (Å²) in [4.78, 5) is 11.8. The van der Waals surface area contributed by atoms with Crippen LogP contribution >= 0.6 is 0 Å². The molecule has 1 unspecified atom stereocenters. The van der Waals surface area contributed by atoms with Crippen molar-refractivity contribution in [1.29, 1.82) is 0 Å². The third kappa shape index (κ3) is 4.61. The maximum atomic E-state index is 6.04. The molecule has 2 saturated heterocycles. The Hall–Kier alpha value is -2.58. The monoisotopic (exact) mass is 490 g/mol. The van der Waals surface area contributed by atoms with Gasteiger partial charge in [0.15, 0.2) is 0 Å². The largest absolute Gasteiger partial charge is 0.497 e. The number of benzene rings is 2. The van der Waals surface area contributed by atoms with Gasteiger partial charge in [-0.05, 0) is 48.7 Å². The van der Waals surface area contributed by atoms with Crippen molar-refractivity contribution in [2.75, 3.05) is 79.3 Å². The highest BCUT2D eigenvalue weighted by Gasteiger charge is 2.48. The van der Waals surface area contributed by atoms with Gasteiger partial charge in [-0.1, -0.05) is 18.2 Å². The minimum atomic E-state index is 0.0128. The topological polar surface area (TPSA) is 53.2 Å². The van der Waals surface area contributed by atoms with Crippen LogP contribution in [0.1, 0.15) is 17.7 Å². The number of methoxy groups -OCH3 is 1. The van der Waals surface area contributed by atoms with Gasteiger partial charge in [0.05, 0.1) is 25.9 Å². The molecule has 2 fully saturated rings. The molecule has 0 aliphatic carbocycles. The number of ether oxygens (including phenoxy) is 3. The van der Waals surface area contributed by atoms with Gasteiger partial charge >= 0.3 is 0 Å². The standard InChI is InChI=1S/C29H38N4O3/c1-34-24-7-8-27-26(21-24)25-9-11-33(14-13-31-15-18-35-19-16-31)29(28(25)30-27)10-12-32(22-29)17-20-36-23-5-3-2-4-6-23/h2-8,21,30H,9-20,22H2,1H3. The zero-order valence-electron chi connectivity index (χ0n) is 21.4. The van der Waals surface area contributed by atoms with Crippen LogP contribution in [-0.2, 0) is 16.7 Å². The summed E-state index contributed by atoms with van der Waals surface area (Å²) >= 11 is 0. The van der Waals surface area contributed by atoms with Gasteiger partial charge in [-0.2, -0.15) is 0 Å². The summed E-state index contributed by atoms with van der Waals surface area (Å²) in [6.45, 7) is 10.9. The van der Waals surface area contributed by atoms with Crippen molar-refractivity contribution in [2.24, 2.45) is 0 Å². The van der Waals surface area contributed by atoms with Crippen LogP contribution in [0.2, 0.25) is 0 Å². The molecule has 1 atom stereocenters. The first kappa shape index (κ1) is 23.8. The maximum absolute atomic E-state index is 6.04. The Morgan fingerprint density at radius 1 is 0.917 bits per heavy atom. The van der Waals surface area contributed by atoms with Gasteiger partial charge in [-0.15, -0.1) is 0 Å². The van der Waals surface area contributed by atoms with Crippen molar-refractivity contribution in [2.45, 2.75) is 18.4 Å². The molecule has 0 saturated carbocycles. The van der Waals surface area contributed by atoms with Crippen molar-refractivity contribution < 1.29 is 14.2 Å². The number of para-hydroxylation sites is 1. The van der Waals surface area contributed by atoms with Crippen molar-refractivity contribution in [3.8, 4) is 11.5 Å². The van der Waals surface area contributed by atoms with E-state index in [0.717, 1.165) is 89.9 Å². The average molecular weight is 491 g/mol. The molecule has 3 aliphatic heterocycles. The van der Waals surface area contributed by atoms with E-state index in [1.165, 1.54) is 22.2 Å². The first-order valence-corrected chi connectivity index (χ1v) is 13.4. The highest BCUT2D eigenvalue weighted by atomic mass is 16.5. The maximum Gasteiger partial charge on any atom is 0.119 e. The van der Waals surface area contributed by atoms with E-state index in [9.17, 15) is 0 Å². The van der Waals surface area contributed by atoms with Crippen LogP contribution in [0.25, 0.3) is 10.9 Å². The Labute approximate surface area is 213 Å². The molecule has 0 bridgehead atoms. The molecule has 0 amide bonds. The Morgan fingerprint density at radius 2 is 1.78 bits per heavy atom. The van der Waals surface area contributed by atoms with E-state index in [-0.39, 0.29) is 5.54 Å². The second-order valence-electron chi connectivity index (χ2n) is 10.3. The van der Waals surface area contributed by atoms with Gasteiger partial charge in [0, 0.05) is 69.0 Å². The van der Waals surface area contributed by atoms with Crippen LogP contribution in [-0.4, -0.2) is 99.0 Å².